The fourth-order valence-corrected chi connectivity index (χ4v) is 7.41. The van der Waals surface area contributed by atoms with Crippen LogP contribution in [0.4, 0.5) is 0 Å². The molecule has 312 valence electrons. The van der Waals surface area contributed by atoms with Crippen LogP contribution in [0.3, 0.4) is 0 Å². The highest BCUT2D eigenvalue weighted by molar-refractivity contribution is 7.94. The van der Waals surface area contributed by atoms with Gasteiger partial charge in [-0.3, -0.25) is 19.2 Å². The summed E-state index contributed by atoms with van der Waals surface area (Å²) in [4.78, 5) is 50.7. The molecule has 0 spiro atoms. The maximum Gasteiger partial charge on any atom is 0.243 e. The van der Waals surface area contributed by atoms with Crippen LogP contribution in [-0.4, -0.2) is 73.6 Å². The Kier molecular flexibility index (Phi) is 23.4. The predicted octanol–water partition coefficient (Wildman–Crippen LogP) is 4.20. The second kappa shape index (κ2) is 27.3. The lowest BCUT2D eigenvalue weighted by atomic mass is 10.0. The van der Waals surface area contributed by atoms with Crippen LogP contribution in [0.25, 0.3) is 0 Å². The van der Waals surface area contributed by atoms with Crippen LogP contribution >= 0.6 is 0 Å². The van der Waals surface area contributed by atoms with Gasteiger partial charge in [0.15, 0.2) is 9.84 Å². The summed E-state index contributed by atoms with van der Waals surface area (Å²) in [6.45, 7) is 2.41. The number of aryl methyl sites for hydroxylation is 1. The SMILES string of the molecule is CCC[C@H](N)C(=O)N[C@H](/C=C/S(=O)(=O)CCCCCCCCCCC(=O)N[C@@H](CCCCN)C(=O)N[C@@H](Cc1ccc(O)cc1)C(N)=O)CCc1ccccc1. The standard InChI is InChI=1S/C42H66N6O7S/c1-2-16-36(44)41(52)46-34(24-21-32-17-10-9-11-18-32)27-30-56(54,55)29-15-8-6-4-3-5-7-12-20-39(50)47-37(19-13-14-28-43)42(53)48-38(40(45)51)31-33-22-25-35(49)26-23-33/h9-11,17-18,22-23,25-27,30,34,36-38,49H,2-8,12-16,19-21,24,28-29,31,43-44H2,1H3,(H2,45,51)(H,46,52)(H,47,50)(H,48,53)/b30-27+/t34-,36-,37-,38-/m0/s1. The van der Waals surface area contributed by atoms with E-state index in [9.17, 15) is 32.7 Å². The van der Waals surface area contributed by atoms with Gasteiger partial charge in [0, 0.05) is 24.3 Å². The first-order valence-electron chi connectivity index (χ1n) is 20.2. The van der Waals surface area contributed by atoms with Crippen molar-refractivity contribution in [1.29, 1.82) is 0 Å². The molecule has 4 atom stereocenters. The van der Waals surface area contributed by atoms with E-state index in [2.05, 4.69) is 16.0 Å². The molecule has 0 fully saturated rings. The van der Waals surface area contributed by atoms with Crippen LogP contribution in [0.5, 0.6) is 5.75 Å². The molecule has 0 bridgehead atoms. The van der Waals surface area contributed by atoms with Gasteiger partial charge in [0.2, 0.25) is 23.6 Å². The highest BCUT2D eigenvalue weighted by Crippen LogP contribution is 2.14. The third-order valence-electron chi connectivity index (χ3n) is 9.59. The smallest absolute Gasteiger partial charge is 0.243 e. The fourth-order valence-electron chi connectivity index (χ4n) is 6.24. The van der Waals surface area contributed by atoms with Crippen LogP contribution < -0.4 is 33.2 Å². The van der Waals surface area contributed by atoms with Gasteiger partial charge in [0.05, 0.1) is 11.8 Å². The number of hydrogen-bond donors (Lipinski definition) is 7. The number of benzene rings is 2. The first kappa shape index (κ1) is 47.9. The molecule has 0 aromatic heterocycles. The van der Waals surface area contributed by atoms with Crippen LogP contribution in [0.2, 0.25) is 0 Å². The molecule has 2 rings (SSSR count). The zero-order valence-corrected chi connectivity index (χ0v) is 33.9. The minimum absolute atomic E-state index is 0.0418. The minimum atomic E-state index is -3.44. The Labute approximate surface area is 333 Å². The lowest BCUT2D eigenvalue weighted by Gasteiger charge is -2.22. The Morgan fingerprint density at radius 2 is 1.38 bits per heavy atom. The number of nitrogens with one attached hydrogen (secondary N) is 3. The second-order valence-corrected chi connectivity index (χ2v) is 16.6. The summed E-state index contributed by atoms with van der Waals surface area (Å²) in [5.41, 5.74) is 19.0. The molecule has 0 saturated heterocycles. The van der Waals surface area contributed by atoms with E-state index in [0.29, 0.717) is 63.5 Å². The highest BCUT2D eigenvalue weighted by atomic mass is 32.2. The molecular formula is C42H66N6O7S. The average molecular weight is 799 g/mol. The van der Waals surface area contributed by atoms with Gasteiger partial charge >= 0.3 is 0 Å². The summed E-state index contributed by atoms with van der Waals surface area (Å²) in [6, 6.07) is 13.2. The van der Waals surface area contributed by atoms with Crippen molar-refractivity contribution in [3.05, 3.63) is 77.2 Å². The zero-order valence-electron chi connectivity index (χ0n) is 33.1. The van der Waals surface area contributed by atoms with Crippen molar-refractivity contribution >= 4 is 33.5 Å². The second-order valence-electron chi connectivity index (χ2n) is 14.5. The summed E-state index contributed by atoms with van der Waals surface area (Å²) in [7, 11) is -3.44. The number of phenolic OH excluding ortho intramolecular Hbond substituents is 1. The Bertz CT molecular complexity index is 1590. The molecule has 14 heteroatoms. The normalized spacial score (nSPS) is 13.8. The molecule has 4 amide bonds. The van der Waals surface area contributed by atoms with Gasteiger partial charge in [0.1, 0.15) is 17.8 Å². The monoisotopic (exact) mass is 798 g/mol. The summed E-state index contributed by atoms with van der Waals surface area (Å²) in [5, 5.41) is 19.2. The van der Waals surface area contributed by atoms with Crippen molar-refractivity contribution in [3.8, 4) is 5.75 Å². The van der Waals surface area contributed by atoms with Crippen LogP contribution in [0, 0.1) is 0 Å². The van der Waals surface area contributed by atoms with Crippen molar-refractivity contribution in [2.24, 2.45) is 17.2 Å². The Morgan fingerprint density at radius 1 is 0.732 bits per heavy atom. The summed E-state index contributed by atoms with van der Waals surface area (Å²) in [6.07, 6.45) is 12.9. The maximum absolute atomic E-state index is 13.2. The van der Waals surface area contributed by atoms with Gasteiger partial charge in [-0.2, -0.15) is 0 Å². The van der Waals surface area contributed by atoms with Crippen LogP contribution in [-0.2, 0) is 41.9 Å². The summed E-state index contributed by atoms with van der Waals surface area (Å²) in [5.74, 6) is -1.58. The number of primary amides is 1. The molecule has 0 saturated carbocycles. The number of carbonyl (C=O) groups excluding carboxylic acids is 4. The van der Waals surface area contributed by atoms with Gasteiger partial charge < -0.3 is 38.3 Å². The van der Waals surface area contributed by atoms with E-state index in [4.69, 9.17) is 17.2 Å². The van der Waals surface area contributed by atoms with E-state index in [0.717, 1.165) is 50.5 Å². The third-order valence-corrected chi connectivity index (χ3v) is 11.0. The van der Waals surface area contributed by atoms with E-state index in [-0.39, 0.29) is 36.2 Å². The molecular weight excluding hydrogens is 733 g/mol. The molecule has 0 heterocycles. The van der Waals surface area contributed by atoms with Crippen LogP contribution in [0.1, 0.15) is 114 Å². The third kappa shape index (κ3) is 21.1. The number of unbranched alkanes of at least 4 members (excludes halogenated alkanes) is 8. The molecule has 13 nitrogen and oxygen atoms in total. The van der Waals surface area contributed by atoms with Gasteiger partial charge in [-0.25, -0.2) is 8.42 Å². The number of hydrogen-bond acceptors (Lipinski definition) is 9. The summed E-state index contributed by atoms with van der Waals surface area (Å²) >= 11 is 0. The highest BCUT2D eigenvalue weighted by Gasteiger charge is 2.26. The number of amides is 4. The Balaban J connectivity index is 1.71. The van der Waals surface area contributed by atoms with E-state index in [1.54, 1.807) is 18.2 Å². The van der Waals surface area contributed by atoms with E-state index in [1.165, 1.54) is 17.5 Å². The first-order valence-corrected chi connectivity index (χ1v) is 21.9. The number of phenols is 1. The van der Waals surface area contributed by atoms with E-state index < -0.39 is 45.8 Å². The van der Waals surface area contributed by atoms with E-state index in [1.807, 2.05) is 37.3 Å². The average Bonchev–Trinajstić information content (AvgIpc) is 3.17. The largest absolute Gasteiger partial charge is 0.508 e. The van der Waals surface area contributed by atoms with Gasteiger partial charge in [-0.15, -0.1) is 0 Å². The topological polar surface area (TPSA) is 237 Å². The van der Waals surface area contributed by atoms with Gasteiger partial charge in [-0.1, -0.05) is 100 Å². The Hall–Kier alpha value is -4.27. The maximum atomic E-state index is 13.2. The summed E-state index contributed by atoms with van der Waals surface area (Å²) < 4.78 is 25.6. The Morgan fingerprint density at radius 3 is 2.00 bits per heavy atom. The quantitative estimate of drug-likeness (QED) is 0.0560. The van der Waals surface area contributed by atoms with Crippen molar-refractivity contribution in [1.82, 2.24) is 16.0 Å². The first-order chi connectivity index (χ1) is 26.8. The van der Waals surface area contributed by atoms with Crippen molar-refractivity contribution in [2.75, 3.05) is 12.3 Å². The van der Waals surface area contributed by atoms with Crippen molar-refractivity contribution < 1.29 is 32.7 Å². The molecule has 0 aliphatic heterocycles. The molecule has 0 aliphatic rings. The molecule has 2 aromatic rings. The number of nitrogens with two attached hydrogens (primary N) is 3. The molecule has 10 N–H and O–H groups in total. The molecule has 2 aromatic carbocycles. The number of sulfone groups is 1. The molecule has 0 aliphatic carbocycles. The zero-order chi connectivity index (χ0) is 41.2. The predicted molar refractivity (Wildman–Crippen MR) is 222 cm³/mol. The molecule has 0 radical (unpaired) electrons. The molecule has 56 heavy (non-hydrogen) atoms. The number of rotatable bonds is 30. The lowest BCUT2D eigenvalue weighted by molar-refractivity contribution is -0.131. The lowest BCUT2D eigenvalue weighted by Crippen LogP contribution is -2.53. The van der Waals surface area contributed by atoms with Crippen LogP contribution in [0.15, 0.2) is 66.1 Å². The van der Waals surface area contributed by atoms with Gasteiger partial charge in [0.25, 0.3) is 0 Å². The fraction of sp³-hybridized carbons (Fsp3) is 0.571. The number of aromatic hydroxyl groups is 1. The molecule has 0 unspecified atom stereocenters. The van der Waals surface area contributed by atoms with Gasteiger partial charge in [-0.05, 0) is 81.2 Å². The number of carbonyl (C=O) groups is 4. The van der Waals surface area contributed by atoms with Crippen molar-refractivity contribution in [3.63, 3.8) is 0 Å². The van der Waals surface area contributed by atoms with Crippen molar-refractivity contribution in [2.45, 2.75) is 140 Å². The minimum Gasteiger partial charge on any atom is -0.508 e. The van der Waals surface area contributed by atoms with E-state index >= 15 is 0 Å².